The highest BCUT2D eigenvalue weighted by atomic mass is 79.9. The Morgan fingerprint density at radius 1 is 1.11 bits per heavy atom. The Hall–Kier alpha value is -4.46. The maximum Gasteiger partial charge on any atom is 0.338 e. The summed E-state index contributed by atoms with van der Waals surface area (Å²) in [7, 11) is 1.56. The first-order valence-electron chi connectivity index (χ1n) is 14.1. The smallest absolute Gasteiger partial charge is 0.338 e. The summed E-state index contributed by atoms with van der Waals surface area (Å²) in [6.07, 6.45) is 3.08. The van der Waals surface area contributed by atoms with Gasteiger partial charge in [-0.15, -0.1) is 0 Å². The molecule has 10 heteroatoms. The molecule has 1 aliphatic rings. The Bertz CT molecular complexity index is 1950. The van der Waals surface area contributed by atoms with Crippen LogP contribution >= 0.6 is 27.3 Å². The van der Waals surface area contributed by atoms with E-state index in [9.17, 15) is 9.59 Å². The summed E-state index contributed by atoms with van der Waals surface area (Å²) in [5, 5.41) is 9.07. The zero-order chi connectivity index (χ0) is 31.2. The molecule has 0 unspecified atom stereocenters. The Morgan fingerprint density at radius 2 is 1.89 bits per heavy atom. The molecule has 1 aromatic heterocycles. The van der Waals surface area contributed by atoms with Gasteiger partial charge < -0.3 is 14.2 Å². The highest BCUT2D eigenvalue weighted by Crippen LogP contribution is 2.38. The van der Waals surface area contributed by atoms with Crippen LogP contribution in [0.3, 0.4) is 0 Å². The van der Waals surface area contributed by atoms with Crippen molar-refractivity contribution in [1.29, 1.82) is 5.26 Å². The maximum atomic E-state index is 14.2. The number of hydrogen-bond donors (Lipinski definition) is 0. The van der Waals surface area contributed by atoms with Crippen molar-refractivity contribution in [3.05, 3.63) is 124 Å². The van der Waals surface area contributed by atoms with Crippen molar-refractivity contribution >= 4 is 39.3 Å². The monoisotopic (exact) mass is 671 g/mol. The molecule has 0 aliphatic carbocycles. The number of para-hydroxylation sites is 1. The molecule has 0 fully saturated rings. The fraction of sp³-hybridized carbons (Fsp3) is 0.235. The van der Waals surface area contributed by atoms with Crippen LogP contribution in [0.1, 0.15) is 55.0 Å². The lowest BCUT2D eigenvalue weighted by Crippen LogP contribution is -2.40. The molecule has 0 N–H and O–H groups in total. The van der Waals surface area contributed by atoms with Gasteiger partial charge in [-0.3, -0.25) is 9.36 Å². The number of carbonyl (C=O) groups excluding carboxylic acids is 1. The molecule has 4 aromatic rings. The molecule has 0 amide bonds. The van der Waals surface area contributed by atoms with Crippen LogP contribution in [0.5, 0.6) is 11.5 Å². The number of nitrogens with zero attached hydrogens (tertiary/aromatic N) is 3. The fourth-order valence-corrected chi connectivity index (χ4v) is 6.43. The topological polar surface area (TPSA) is 103 Å². The molecule has 2 heterocycles. The van der Waals surface area contributed by atoms with E-state index in [2.05, 4.69) is 22.0 Å². The molecule has 0 radical (unpaired) electrons. The second-order valence-corrected chi connectivity index (χ2v) is 11.9. The van der Waals surface area contributed by atoms with E-state index in [1.165, 1.54) is 11.3 Å². The average molecular weight is 673 g/mol. The molecule has 0 saturated carbocycles. The molecule has 1 aliphatic heterocycles. The van der Waals surface area contributed by atoms with Crippen molar-refractivity contribution < 1.29 is 19.0 Å². The van der Waals surface area contributed by atoms with Crippen LogP contribution in [0.4, 0.5) is 0 Å². The average Bonchev–Trinajstić information content (AvgIpc) is 3.34. The van der Waals surface area contributed by atoms with Gasteiger partial charge in [0.1, 0.15) is 24.1 Å². The Balaban J connectivity index is 1.65. The first kappa shape index (κ1) is 31.0. The highest BCUT2D eigenvalue weighted by molar-refractivity contribution is 9.10. The summed E-state index contributed by atoms with van der Waals surface area (Å²) >= 11 is 4.81. The van der Waals surface area contributed by atoms with E-state index in [0.29, 0.717) is 56.3 Å². The lowest BCUT2D eigenvalue weighted by molar-refractivity contribution is -0.139. The van der Waals surface area contributed by atoms with Gasteiger partial charge in [-0.25, -0.2) is 9.79 Å². The predicted molar refractivity (Wildman–Crippen MR) is 172 cm³/mol. The summed E-state index contributed by atoms with van der Waals surface area (Å²) in [5.74, 6) is 0.628. The van der Waals surface area contributed by atoms with Gasteiger partial charge in [-0.1, -0.05) is 70.9 Å². The summed E-state index contributed by atoms with van der Waals surface area (Å²) in [6.45, 7) is 4.25. The number of esters is 1. The summed E-state index contributed by atoms with van der Waals surface area (Å²) in [6, 6.07) is 21.5. The first-order valence-corrected chi connectivity index (χ1v) is 15.8. The molecule has 3 aromatic carbocycles. The van der Waals surface area contributed by atoms with Crippen molar-refractivity contribution in [2.24, 2.45) is 4.99 Å². The number of benzene rings is 3. The SMILES string of the molecule is CCCC1=C(C(=O)OCC)[C@@H](c2cc(Br)ccc2OC)n2c(s/c(=C/c3ccccc3OCc3ccc(C#N)cc3)c2=O)=N1. The van der Waals surface area contributed by atoms with E-state index in [1.54, 1.807) is 42.9 Å². The first-order chi connectivity index (χ1) is 21.4. The fourth-order valence-electron chi connectivity index (χ4n) is 5.04. The van der Waals surface area contributed by atoms with E-state index in [4.69, 9.17) is 24.5 Å². The second kappa shape index (κ2) is 13.9. The summed E-state index contributed by atoms with van der Waals surface area (Å²) in [5.41, 5.74) is 3.49. The van der Waals surface area contributed by atoms with Crippen LogP contribution in [0.25, 0.3) is 6.08 Å². The van der Waals surface area contributed by atoms with Crippen LogP contribution in [-0.4, -0.2) is 24.3 Å². The number of aromatic nitrogens is 1. The Labute approximate surface area is 267 Å². The second-order valence-electron chi connectivity index (χ2n) is 9.94. The van der Waals surface area contributed by atoms with Gasteiger partial charge in [0.05, 0.1) is 41.2 Å². The molecule has 0 saturated heterocycles. The predicted octanol–water partition coefficient (Wildman–Crippen LogP) is 5.80. The molecule has 5 rings (SSSR count). The number of rotatable bonds is 10. The largest absolute Gasteiger partial charge is 0.496 e. The third kappa shape index (κ3) is 6.39. The van der Waals surface area contributed by atoms with Crippen molar-refractivity contribution in [3.63, 3.8) is 0 Å². The number of nitriles is 1. The third-order valence-corrected chi connectivity index (χ3v) is 8.54. The maximum absolute atomic E-state index is 14.2. The molecule has 8 nitrogen and oxygen atoms in total. The number of methoxy groups -OCH3 is 1. The summed E-state index contributed by atoms with van der Waals surface area (Å²) < 4.78 is 20.1. The van der Waals surface area contributed by atoms with Gasteiger partial charge in [-0.2, -0.15) is 5.26 Å². The molecular formula is C34H30BrN3O5S. The number of hydrogen-bond acceptors (Lipinski definition) is 8. The van der Waals surface area contributed by atoms with Gasteiger partial charge in [-0.05, 0) is 61.4 Å². The standard InChI is InChI=1S/C34H30BrN3O5S/c1-4-8-26-30(33(40)42-5-2)31(25-18-24(35)15-16-28(25)41-3)38-32(39)29(44-34(38)37-26)17-23-9-6-7-10-27(23)43-20-22-13-11-21(19-36)12-14-22/h6-7,9-18,31H,4-5,8,20H2,1-3H3/b29-17+/t31-/m1/s1. The lowest BCUT2D eigenvalue weighted by Gasteiger charge is -2.27. The van der Waals surface area contributed by atoms with Crippen molar-refractivity contribution in [1.82, 2.24) is 4.57 Å². The molecule has 0 spiro atoms. The quantitative estimate of drug-likeness (QED) is 0.198. The minimum absolute atomic E-state index is 0.188. The molecule has 224 valence electrons. The third-order valence-electron chi connectivity index (χ3n) is 7.06. The number of allylic oxidation sites excluding steroid dienone is 1. The zero-order valence-corrected chi connectivity index (χ0v) is 26.9. The van der Waals surface area contributed by atoms with Gasteiger partial charge in [0.25, 0.3) is 5.56 Å². The van der Waals surface area contributed by atoms with E-state index in [-0.39, 0.29) is 12.2 Å². The highest BCUT2D eigenvalue weighted by Gasteiger charge is 2.36. The van der Waals surface area contributed by atoms with E-state index in [1.807, 2.05) is 55.5 Å². The Morgan fingerprint density at radius 3 is 2.59 bits per heavy atom. The number of thiazole rings is 1. The molecule has 1 atom stereocenters. The van der Waals surface area contributed by atoms with Gasteiger partial charge >= 0.3 is 5.97 Å². The number of halogens is 1. The van der Waals surface area contributed by atoms with Crippen molar-refractivity contribution in [3.8, 4) is 17.6 Å². The number of ether oxygens (including phenoxy) is 3. The molecular weight excluding hydrogens is 642 g/mol. The van der Waals surface area contributed by atoms with Crippen LogP contribution < -0.4 is 24.4 Å². The van der Waals surface area contributed by atoms with E-state index < -0.39 is 12.0 Å². The van der Waals surface area contributed by atoms with Gasteiger partial charge in [0.2, 0.25) is 0 Å². The van der Waals surface area contributed by atoms with Crippen LogP contribution in [0.15, 0.2) is 92.3 Å². The van der Waals surface area contributed by atoms with E-state index in [0.717, 1.165) is 22.0 Å². The zero-order valence-electron chi connectivity index (χ0n) is 24.5. The number of fused-ring (bicyclic) bond motifs is 1. The normalized spacial score (nSPS) is 14.4. The van der Waals surface area contributed by atoms with Crippen LogP contribution in [-0.2, 0) is 16.1 Å². The minimum Gasteiger partial charge on any atom is -0.496 e. The van der Waals surface area contributed by atoms with Crippen molar-refractivity contribution in [2.75, 3.05) is 13.7 Å². The molecule has 0 bridgehead atoms. The Kier molecular flexibility index (Phi) is 9.78. The molecule has 44 heavy (non-hydrogen) atoms. The van der Waals surface area contributed by atoms with Crippen molar-refractivity contribution in [2.45, 2.75) is 39.3 Å². The van der Waals surface area contributed by atoms with E-state index >= 15 is 0 Å². The van der Waals surface area contributed by atoms with Crippen LogP contribution in [0.2, 0.25) is 0 Å². The summed E-state index contributed by atoms with van der Waals surface area (Å²) in [4.78, 5) is 33.0. The number of carbonyl (C=O) groups is 1. The minimum atomic E-state index is -0.802. The van der Waals surface area contributed by atoms with Crippen LogP contribution in [0, 0.1) is 11.3 Å². The van der Waals surface area contributed by atoms with Gasteiger partial charge in [0, 0.05) is 15.6 Å². The lowest BCUT2D eigenvalue weighted by atomic mass is 9.93. The van der Waals surface area contributed by atoms with Gasteiger partial charge in [0.15, 0.2) is 4.80 Å².